The Labute approximate surface area is 247 Å². The first kappa shape index (κ1) is 24.9. The minimum absolute atomic E-state index is 0.245. The number of rotatable bonds is 4. The maximum Gasteiger partial charge on any atom is 0.0589 e. The fraction of sp³-hybridized carbons (Fsp3) is 0.122. The number of fused-ring (bicyclic) bond motifs is 3. The minimum atomic E-state index is 0.245. The van der Waals surface area contributed by atoms with Gasteiger partial charge in [-0.05, 0) is 80.3 Å². The fourth-order valence-corrected chi connectivity index (χ4v) is 7.40. The third kappa shape index (κ3) is 4.08. The quantitative estimate of drug-likeness (QED) is 0.220. The van der Waals surface area contributed by atoms with Gasteiger partial charge in [0, 0.05) is 11.6 Å². The van der Waals surface area contributed by atoms with Gasteiger partial charge in [-0.15, -0.1) is 0 Å². The first-order valence-electron chi connectivity index (χ1n) is 15.1. The molecular formula is C41H33N. The molecule has 0 amide bonds. The van der Waals surface area contributed by atoms with Crippen LogP contribution in [-0.4, -0.2) is 0 Å². The normalized spacial score (nSPS) is 19.2. The van der Waals surface area contributed by atoms with Gasteiger partial charge in [0.2, 0.25) is 0 Å². The molecule has 0 radical (unpaired) electrons. The molecule has 0 aromatic heterocycles. The number of nitrogens with one attached hydrogen (secondary N) is 1. The van der Waals surface area contributed by atoms with Gasteiger partial charge < -0.3 is 5.32 Å². The molecule has 42 heavy (non-hydrogen) atoms. The summed E-state index contributed by atoms with van der Waals surface area (Å²) in [7, 11) is 0. The van der Waals surface area contributed by atoms with Crippen molar-refractivity contribution in [2.45, 2.75) is 25.3 Å². The molecule has 1 heterocycles. The van der Waals surface area contributed by atoms with Crippen LogP contribution >= 0.6 is 0 Å². The number of hydrogen-bond acceptors (Lipinski definition) is 1. The molecule has 1 heteroatoms. The lowest BCUT2D eigenvalue weighted by Gasteiger charge is -2.28. The van der Waals surface area contributed by atoms with Crippen molar-refractivity contribution in [1.82, 2.24) is 0 Å². The van der Waals surface area contributed by atoms with Crippen molar-refractivity contribution in [3.63, 3.8) is 0 Å². The highest BCUT2D eigenvalue weighted by atomic mass is 15.0. The van der Waals surface area contributed by atoms with Crippen molar-refractivity contribution in [2.24, 2.45) is 5.92 Å². The van der Waals surface area contributed by atoms with Gasteiger partial charge in [0.05, 0.1) is 6.04 Å². The molecular weight excluding hydrogens is 506 g/mol. The van der Waals surface area contributed by atoms with Gasteiger partial charge in [0.1, 0.15) is 0 Å². The maximum atomic E-state index is 3.89. The second kappa shape index (κ2) is 10.2. The summed E-state index contributed by atoms with van der Waals surface area (Å²) in [5.74, 6) is 0.890. The SMILES string of the molecule is Cc1cccc(-c2c3ccccc3c(-c3ccc(C4Nc5ccccc5C4C4C=CC=CC4)cc3)c3ccccc23)c1. The molecule has 0 spiro atoms. The van der Waals surface area contributed by atoms with E-state index in [2.05, 4.69) is 158 Å². The zero-order valence-corrected chi connectivity index (χ0v) is 23.8. The Morgan fingerprint density at radius 2 is 1.24 bits per heavy atom. The van der Waals surface area contributed by atoms with Crippen LogP contribution in [0.15, 0.2) is 146 Å². The van der Waals surface area contributed by atoms with Crippen LogP contribution in [0, 0.1) is 12.8 Å². The number of anilines is 1. The van der Waals surface area contributed by atoms with Crippen LogP contribution in [0.1, 0.15) is 35.1 Å². The van der Waals surface area contributed by atoms with E-state index >= 15 is 0 Å². The molecule has 1 aliphatic carbocycles. The summed E-state index contributed by atoms with van der Waals surface area (Å²) in [4.78, 5) is 0. The molecule has 0 fully saturated rings. The number of benzene rings is 6. The first-order chi connectivity index (χ1) is 20.8. The maximum absolute atomic E-state index is 3.89. The number of para-hydroxylation sites is 1. The lowest BCUT2D eigenvalue weighted by molar-refractivity contribution is 0.473. The summed E-state index contributed by atoms with van der Waals surface area (Å²) in [5, 5.41) is 9.07. The van der Waals surface area contributed by atoms with E-state index in [1.807, 2.05) is 0 Å². The molecule has 3 atom stereocenters. The molecule has 0 saturated heterocycles. The molecule has 1 aliphatic heterocycles. The van der Waals surface area contributed by atoms with Crippen LogP contribution < -0.4 is 5.32 Å². The van der Waals surface area contributed by atoms with Gasteiger partial charge in [-0.25, -0.2) is 0 Å². The zero-order chi connectivity index (χ0) is 28.0. The van der Waals surface area contributed by atoms with E-state index in [-0.39, 0.29) is 6.04 Å². The molecule has 0 saturated carbocycles. The van der Waals surface area contributed by atoms with Crippen molar-refractivity contribution in [2.75, 3.05) is 5.32 Å². The zero-order valence-electron chi connectivity index (χ0n) is 23.8. The Balaban J connectivity index is 1.27. The van der Waals surface area contributed by atoms with Crippen LogP contribution in [0.4, 0.5) is 5.69 Å². The summed E-state index contributed by atoms with van der Waals surface area (Å²) < 4.78 is 0. The van der Waals surface area contributed by atoms with Crippen molar-refractivity contribution < 1.29 is 0 Å². The summed E-state index contributed by atoms with van der Waals surface area (Å²) in [6.45, 7) is 2.17. The van der Waals surface area contributed by atoms with Gasteiger partial charge >= 0.3 is 0 Å². The van der Waals surface area contributed by atoms with Crippen molar-refractivity contribution >= 4 is 27.2 Å². The molecule has 2 aliphatic rings. The molecule has 8 rings (SSSR count). The predicted octanol–water partition coefficient (Wildman–Crippen LogP) is 11.0. The summed E-state index contributed by atoms with van der Waals surface area (Å²) in [6.07, 6.45) is 10.2. The van der Waals surface area contributed by atoms with E-state index in [9.17, 15) is 0 Å². The van der Waals surface area contributed by atoms with Gasteiger partial charge in [0.15, 0.2) is 0 Å². The highest BCUT2D eigenvalue weighted by Gasteiger charge is 2.37. The van der Waals surface area contributed by atoms with E-state index in [4.69, 9.17) is 0 Å². The van der Waals surface area contributed by atoms with Crippen LogP contribution in [0.2, 0.25) is 0 Å². The molecule has 6 aromatic carbocycles. The minimum Gasteiger partial charge on any atom is -0.377 e. The summed E-state index contributed by atoms with van der Waals surface area (Å²) in [6, 6.07) is 45.2. The van der Waals surface area contributed by atoms with E-state index in [1.165, 1.54) is 66.2 Å². The Bertz CT molecular complexity index is 1950. The van der Waals surface area contributed by atoms with Crippen LogP contribution in [0.25, 0.3) is 43.8 Å². The van der Waals surface area contributed by atoms with Crippen molar-refractivity contribution in [3.05, 3.63) is 162 Å². The standard InChI is InChI=1S/C41H33N/c1-27-12-11-15-31(26-27)39-34-18-7-5-16-32(34)38(33-17-6-8-19-35(33)39)29-22-24-30(25-23-29)41-40(28-13-3-2-4-14-28)36-20-9-10-21-37(36)42-41/h2-13,15-26,28,40-42H,14H2,1H3. The molecule has 1 N–H and O–H groups in total. The van der Waals surface area contributed by atoms with Gasteiger partial charge in [-0.2, -0.15) is 0 Å². The molecule has 0 bridgehead atoms. The van der Waals surface area contributed by atoms with Gasteiger partial charge in [-0.1, -0.05) is 145 Å². The van der Waals surface area contributed by atoms with E-state index in [1.54, 1.807) is 0 Å². The van der Waals surface area contributed by atoms with Gasteiger partial charge in [0.25, 0.3) is 0 Å². The predicted molar refractivity (Wildman–Crippen MR) is 179 cm³/mol. The van der Waals surface area contributed by atoms with E-state index < -0.39 is 0 Å². The largest absolute Gasteiger partial charge is 0.377 e. The fourth-order valence-electron chi connectivity index (χ4n) is 7.40. The molecule has 6 aromatic rings. The van der Waals surface area contributed by atoms with Crippen LogP contribution in [0.5, 0.6) is 0 Å². The highest BCUT2D eigenvalue weighted by Crippen LogP contribution is 2.50. The summed E-state index contributed by atoms with van der Waals surface area (Å²) in [5.41, 5.74) is 10.5. The topological polar surface area (TPSA) is 12.0 Å². The number of hydrogen-bond donors (Lipinski definition) is 1. The Morgan fingerprint density at radius 1 is 0.595 bits per heavy atom. The second-order valence-electron chi connectivity index (χ2n) is 11.8. The van der Waals surface area contributed by atoms with Gasteiger partial charge in [-0.3, -0.25) is 0 Å². The monoisotopic (exact) mass is 539 g/mol. The first-order valence-corrected chi connectivity index (χ1v) is 15.1. The van der Waals surface area contributed by atoms with Crippen LogP contribution in [0.3, 0.4) is 0 Å². The van der Waals surface area contributed by atoms with Crippen LogP contribution in [-0.2, 0) is 0 Å². The van der Waals surface area contributed by atoms with Crippen molar-refractivity contribution in [1.29, 1.82) is 0 Å². The third-order valence-electron chi connectivity index (χ3n) is 9.26. The number of allylic oxidation sites excluding steroid dienone is 4. The van der Waals surface area contributed by atoms with E-state index in [0.29, 0.717) is 11.8 Å². The smallest absolute Gasteiger partial charge is 0.0589 e. The Kier molecular flexibility index (Phi) is 6.04. The highest BCUT2D eigenvalue weighted by molar-refractivity contribution is 6.21. The average Bonchev–Trinajstić information content (AvgIpc) is 3.44. The number of aryl methyl sites for hydroxylation is 1. The summed E-state index contributed by atoms with van der Waals surface area (Å²) >= 11 is 0. The van der Waals surface area contributed by atoms with Crippen molar-refractivity contribution in [3.8, 4) is 22.3 Å². The lowest BCUT2D eigenvalue weighted by Crippen LogP contribution is -2.19. The lowest BCUT2D eigenvalue weighted by atomic mass is 9.77. The molecule has 202 valence electrons. The Hall–Kier alpha value is -4.88. The average molecular weight is 540 g/mol. The third-order valence-corrected chi connectivity index (χ3v) is 9.26. The Morgan fingerprint density at radius 3 is 1.88 bits per heavy atom. The molecule has 3 unspecified atom stereocenters. The molecule has 1 nitrogen and oxygen atoms in total. The second-order valence-corrected chi connectivity index (χ2v) is 11.8. The van der Waals surface area contributed by atoms with E-state index in [0.717, 1.165) is 6.42 Å².